The van der Waals surface area contributed by atoms with Crippen LogP contribution >= 0.6 is 23.1 Å². The summed E-state index contributed by atoms with van der Waals surface area (Å²) in [4.78, 5) is 14.1. The Morgan fingerprint density at radius 2 is 2.06 bits per heavy atom. The number of nitriles is 1. The van der Waals surface area contributed by atoms with Crippen molar-refractivity contribution < 1.29 is 4.79 Å². The average Bonchev–Trinajstić information content (AvgIpc) is 3.42. The van der Waals surface area contributed by atoms with E-state index in [1.165, 1.54) is 16.6 Å². The van der Waals surface area contributed by atoms with E-state index in [1.54, 1.807) is 11.3 Å². The van der Waals surface area contributed by atoms with Crippen molar-refractivity contribution in [3.05, 3.63) is 46.3 Å². The molecule has 0 unspecified atom stereocenters. The molecule has 0 radical (unpaired) electrons. The first-order valence-corrected chi connectivity index (χ1v) is 13.6. The molecular formula is C26H31N5OS2. The van der Waals surface area contributed by atoms with Gasteiger partial charge in [0.15, 0.2) is 11.0 Å². The van der Waals surface area contributed by atoms with E-state index in [0.717, 1.165) is 42.6 Å². The molecule has 0 aliphatic heterocycles. The minimum Gasteiger partial charge on any atom is -0.316 e. The first-order chi connectivity index (χ1) is 16.4. The lowest BCUT2D eigenvalue weighted by Crippen LogP contribution is -2.28. The molecule has 1 aliphatic carbocycles. The van der Waals surface area contributed by atoms with Crippen LogP contribution in [0.15, 0.2) is 35.5 Å². The van der Waals surface area contributed by atoms with Gasteiger partial charge in [-0.25, -0.2) is 0 Å². The Hall–Kier alpha value is -2.63. The summed E-state index contributed by atoms with van der Waals surface area (Å²) < 4.78 is 2.02. The number of carbonyl (C=O) groups is 1. The predicted molar refractivity (Wildman–Crippen MR) is 139 cm³/mol. The zero-order valence-corrected chi connectivity index (χ0v) is 21.9. The summed E-state index contributed by atoms with van der Waals surface area (Å²) in [6.45, 7) is 9.67. The van der Waals surface area contributed by atoms with Crippen LogP contribution in [-0.4, -0.2) is 26.4 Å². The molecule has 2 aromatic heterocycles. The van der Waals surface area contributed by atoms with Crippen LogP contribution < -0.4 is 5.32 Å². The number of nitrogens with one attached hydrogen (secondary N) is 1. The standard InChI is InChI=1S/C26H31N5OS2/c1-5-26(3,4)18-12-13-19-20(15-27)24(34-21(19)14-18)28-22(32)16-33-25-30-29-23(31(25)6-2)17-10-8-7-9-11-17/h7-11,18H,5-6,12-14,16H2,1-4H3,(H,28,32)/t18-/m1/s1. The monoisotopic (exact) mass is 493 g/mol. The number of benzene rings is 1. The van der Waals surface area contributed by atoms with E-state index < -0.39 is 0 Å². The number of anilines is 1. The number of amides is 1. The number of hydrogen-bond acceptors (Lipinski definition) is 6. The first kappa shape index (κ1) is 24.5. The minimum atomic E-state index is -0.127. The van der Waals surface area contributed by atoms with Gasteiger partial charge in [0.1, 0.15) is 11.1 Å². The Bertz CT molecular complexity index is 1210. The normalized spacial score (nSPS) is 15.6. The fourth-order valence-corrected chi connectivity index (χ4v) is 6.62. The third-order valence-corrected chi connectivity index (χ3v) is 9.18. The summed E-state index contributed by atoms with van der Waals surface area (Å²) in [5, 5.41) is 22.9. The van der Waals surface area contributed by atoms with Gasteiger partial charge in [-0.2, -0.15) is 5.26 Å². The molecule has 0 fully saturated rings. The summed E-state index contributed by atoms with van der Waals surface area (Å²) in [6.07, 6.45) is 4.13. The Kier molecular flexibility index (Phi) is 7.44. The topological polar surface area (TPSA) is 83.6 Å². The van der Waals surface area contributed by atoms with Crippen molar-refractivity contribution >= 4 is 34.0 Å². The zero-order chi connectivity index (χ0) is 24.3. The van der Waals surface area contributed by atoms with E-state index in [2.05, 4.69) is 42.4 Å². The molecule has 178 valence electrons. The Morgan fingerprint density at radius 3 is 2.74 bits per heavy atom. The summed E-state index contributed by atoms with van der Waals surface area (Å²) in [6, 6.07) is 12.3. The number of rotatable bonds is 8. The molecule has 1 amide bonds. The van der Waals surface area contributed by atoms with Gasteiger partial charge >= 0.3 is 0 Å². The summed E-state index contributed by atoms with van der Waals surface area (Å²) >= 11 is 2.95. The van der Waals surface area contributed by atoms with Crippen LogP contribution in [0.5, 0.6) is 0 Å². The molecule has 8 heteroatoms. The van der Waals surface area contributed by atoms with Gasteiger partial charge in [0.2, 0.25) is 5.91 Å². The van der Waals surface area contributed by atoms with Crippen LogP contribution in [0.1, 0.15) is 56.5 Å². The number of thiophene rings is 1. The lowest BCUT2D eigenvalue weighted by atomic mass is 9.69. The molecule has 0 saturated carbocycles. The highest BCUT2D eigenvalue weighted by atomic mass is 32.2. The molecule has 0 saturated heterocycles. The molecule has 4 rings (SSSR count). The third-order valence-electron chi connectivity index (χ3n) is 7.04. The summed E-state index contributed by atoms with van der Waals surface area (Å²) in [5.74, 6) is 1.49. The fourth-order valence-electron chi connectivity index (χ4n) is 4.52. The van der Waals surface area contributed by atoms with E-state index in [0.29, 0.717) is 28.2 Å². The molecule has 0 spiro atoms. The second kappa shape index (κ2) is 10.3. The lowest BCUT2D eigenvalue weighted by Gasteiger charge is -2.36. The molecular weight excluding hydrogens is 462 g/mol. The number of hydrogen-bond donors (Lipinski definition) is 1. The zero-order valence-electron chi connectivity index (χ0n) is 20.2. The van der Waals surface area contributed by atoms with Gasteiger partial charge < -0.3 is 9.88 Å². The van der Waals surface area contributed by atoms with Crippen molar-refractivity contribution in [2.24, 2.45) is 11.3 Å². The molecule has 1 N–H and O–H groups in total. The molecule has 1 atom stereocenters. The molecule has 34 heavy (non-hydrogen) atoms. The maximum absolute atomic E-state index is 12.8. The molecule has 2 heterocycles. The van der Waals surface area contributed by atoms with Crippen molar-refractivity contribution in [2.75, 3.05) is 11.1 Å². The highest BCUT2D eigenvalue weighted by molar-refractivity contribution is 7.99. The number of fused-ring (bicyclic) bond motifs is 1. The van der Waals surface area contributed by atoms with Gasteiger partial charge in [0.05, 0.1) is 11.3 Å². The van der Waals surface area contributed by atoms with E-state index in [1.807, 2.05) is 41.8 Å². The van der Waals surface area contributed by atoms with Crippen LogP contribution in [0.4, 0.5) is 5.00 Å². The van der Waals surface area contributed by atoms with Crippen molar-refractivity contribution in [1.82, 2.24) is 14.8 Å². The maximum atomic E-state index is 12.8. The van der Waals surface area contributed by atoms with Crippen LogP contribution in [0.3, 0.4) is 0 Å². The van der Waals surface area contributed by atoms with Gasteiger partial charge in [-0.05, 0) is 43.1 Å². The van der Waals surface area contributed by atoms with Crippen molar-refractivity contribution in [1.29, 1.82) is 5.26 Å². The average molecular weight is 494 g/mol. The second-order valence-electron chi connectivity index (χ2n) is 9.35. The van der Waals surface area contributed by atoms with Gasteiger partial charge in [0, 0.05) is 17.0 Å². The fraction of sp³-hybridized carbons (Fsp3) is 0.462. The van der Waals surface area contributed by atoms with Crippen LogP contribution in [0.2, 0.25) is 0 Å². The molecule has 0 bridgehead atoms. The Balaban J connectivity index is 1.45. The Labute approximate surface area is 209 Å². The van der Waals surface area contributed by atoms with Crippen molar-refractivity contribution in [2.45, 2.75) is 65.1 Å². The Morgan fingerprint density at radius 1 is 1.29 bits per heavy atom. The van der Waals surface area contributed by atoms with E-state index in [4.69, 9.17) is 0 Å². The van der Waals surface area contributed by atoms with Crippen LogP contribution in [-0.2, 0) is 24.2 Å². The van der Waals surface area contributed by atoms with Gasteiger partial charge in [-0.3, -0.25) is 4.79 Å². The summed E-state index contributed by atoms with van der Waals surface area (Å²) in [5.41, 5.74) is 3.06. The smallest absolute Gasteiger partial charge is 0.235 e. The van der Waals surface area contributed by atoms with Crippen molar-refractivity contribution in [3.8, 4) is 17.5 Å². The minimum absolute atomic E-state index is 0.127. The molecule has 6 nitrogen and oxygen atoms in total. The van der Waals surface area contributed by atoms with Gasteiger partial charge in [-0.1, -0.05) is 69.3 Å². The SMILES string of the molecule is CCn1c(SCC(=O)Nc2sc3c(c2C#N)CC[C@@H](C(C)(C)CC)C3)nnc1-c1ccccc1. The largest absolute Gasteiger partial charge is 0.316 e. The number of thioether (sulfide) groups is 1. The number of nitrogens with zero attached hydrogens (tertiary/aromatic N) is 4. The highest BCUT2D eigenvalue weighted by Gasteiger charge is 2.34. The van der Waals surface area contributed by atoms with E-state index in [9.17, 15) is 10.1 Å². The first-order valence-electron chi connectivity index (χ1n) is 11.8. The quantitative estimate of drug-likeness (QED) is 0.379. The maximum Gasteiger partial charge on any atom is 0.235 e. The molecule has 1 aliphatic rings. The van der Waals surface area contributed by atoms with Gasteiger partial charge in [-0.15, -0.1) is 21.5 Å². The third kappa shape index (κ3) is 4.91. The van der Waals surface area contributed by atoms with E-state index >= 15 is 0 Å². The number of aromatic nitrogens is 3. The highest BCUT2D eigenvalue weighted by Crippen LogP contribution is 2.45. The van der Waals surface area contributed by atoms with Crippen LogP contribution in [0.25, 0.3) is 11.4 Å². The van der Waals surface area contributed by atoms with Crippen molar-refractivity contribution in [3.63, 3.8) is 0 Å². The summed E-state index contributed by atoms with van der Waals surface area (Å²) in [7, 11) is 0. The van der Waals surface area contributed by atoms with E-state index in [-0.39, 0.29) is 17.1 Å². The molecule has 1 aromatic carbocycles. The molecule has 3 aromatic rings. The predicted octanol–water partition coefficient (Wildman–Crippen LogP) is 6.17. The van der Waals surface area contributed by atoms with Crippen LogP contribution in [0, 0.1) is 22.7 Å². The number of carbonyl (C=O) groups excluding carboxylic acids is 1. The van der Waals surface area contributed by atoms with Gasteiger partial charge in [0.25, 0.3) is 0 Å². The lowest BCUT2D eigenvalue weighted by molar-refractivity contribution is -0.113. The second-order valence-corrected chi connectivity index (χ2v) is 11.4.